The molecule has 0 amide bonds. The van der Waals surface area contributed by atoms with Gasteiger partial charge in [-0.1, -0.05) is 13.2 Å². The molecule has 0 N–H and O–H groups in total. The number of fused-ring (bicyclic) bond motifs is 1. The third-order valence-corrected chi connectivity index (χ3v) is 2.28. The maximum atomic E-state index is 4.38. The average Bonchev–Trinajstić information content (AvgIpc) is 2.07. The van der Waals surface area contributed by atoms with Gasteiger partial charge >= 0.3 is 0 Å². The van der Waals surface area contributed by atoms with E-state index in [2.05, 4.69) is 23.1 Å². The molecule has 0 bridgehead atoms. The van der Waals surface area contributed by atoms with Crippen LogP contribution in [-0.2, 0) is 12.8 Å². The van der Waals surface area contributed by atoms with Crippen LogP contribution in [0.4, 0.5) is 0 Å². The Kier molecular flexibility index (Phi) is 1.68. The first-order chi connectivity index (χ1) is 5.77. The minimum atomic E-state index is 0.732. The van der Waals surface area contributed by atoms with Gasteiger partial charge in [0.1, 0.15) is 0 Å². The molecule has 1 aromatic heterocycles. The van der Waals surface area contributed by atoms with Crippen LogP contribution >= 0.6 is 0 Å². The molecule has 0 spiro atoms. The van der Waals surface area contributed by atoms with E-state index in [0.717, 1.165) is 34.9 Å². The second-order valence-electron chi connectivity index (χ2n) is 3.22. The van der Waals surface area contributed by atoms with E-state index in [4.69, 9.17) is 0 Å². The van der Waals surface area contributed by atoms with Crippen molar-refractivity contribution in [2.75, 3.05) is 0 Å². The van der Waals surface area contributed by atoms with Gasteiger partial charge in [0.2, 0.25) is 0 Å². The summed E-state index contributed by atoms with van der Waals surface area (Å²) in [6.45, 7) is 7.58. The van der Waals surface area contributed by atoms with Gasteiger partial charge in [0.15, 0.2) is 0 Å². The van der Waals surface area contributed by atoms with Crippen LogP contribution in [0.2, 0.25) is 0 Å². The molecule has 0 unspecified atom stereocenters. The summed E-state index contributed by atoms with van der Waals surface area (Å²) in [6.07, 6.45) is 4.59. The molecule has 1 aliphatic carbocycles. The molecule has 0 radical (unpaired) electrons. The number of hydrogen-bond acceptors (Lipinski definition) is 2. The first kappa shape index (κ1) is 7.47. The Labute approximate surface area is 71.7 Å². The van der Waals surface area contributed by atoms with E-state index < -0.39 is 0 Å². The van der Waals surface area contributed by atoms with Gasteiger partial charge in [-0.05, 0) is 25.7 Å². The van der Waals surface area contributed by atoms with Crippen molar-refractivity contribution in [3.63, 3.8) is 0 Å². The fraction of sp³-hybridized carbons (Fsp3) is 0.400. The summed E-state index contributed by atoms with van der Waals surface area (Å²) in [5.74, 6) is 0. The van der Waals surface area contributed by atoms with Crippen LogP contribution in [0.15, 0.2) is 0 Å². The maximum absolute atomic E-state index is 4.38. The summed E-state index contributed by atoms with van der Waals surface area (Å²) >= 11 is 0. The molecule has 1 aliphatic rings. The molecule has 12 heavy (non-hydrogen) atoms. The van der Waals surface area contributed by atoms with Crippen LogP contribution in [0.3, 0.4) is 0 Å². The third kappa shape index (κ3) is 1.13. The molecular formula is C10H12N2. The molecule has 2 heteroatoms. The summed E-state index contributed by atoms with van der Waals surface area (Å²) in [7, 11) is 0. The topological polar surface area (TPSA) is 25.8 Å². The normalized spacial score (nSPS) is 15.7. The van der Waals surface area contributed by atoms with E-state index in [9.17, 15) is 0 Å². The Bertz CT molecular complexity index is 356. The zero-order valence-electron chi connectivity index (χ0n) is 7.14. The van der Waals surface area contributed by atoms with E-state index in [-0.39, 0.29) is 0 Å². The third-order valence-electron chi connectivity index (χ3n) is 2.28. The molecule has 1 aromatic rings. The van der Waals surface area contributed by atoms with Crippen molar-refractivity contribution in [1.82, 2.24) is 9.97 Å². The molecule has 1 heterocycles. The number of aryl methyl sites for hydroxylation is 2. The lowest BCUT2D eigenvalue weighted by molar-refractivity contribution is 0.643. The van der Waals surface area contributed by atoms with E-state index in [1.165, 1.54) is 12.8 Å². The second kappa shape index (κ2) is 2.70. The number of aromatic nitrogens is 2. The van der Waals surface area contributed by atoms with Crippen molar-refractivity contribution < 1.29 is 0 Å². The summed E-state index contributed by atoms with van der Waals surface area (Å²) < 4.78 is 0. The Balaban J connectivity index is 2.64. The van der Waals surface area contributed by atoms with Crippen LogP contribution in [0, 0.1) is 0 Å². The van der Waals surface area contributed by atoms with Crippen LogP contribution in [0.1, 0.15) is 24.2 Å². The zero-order chi connectivity index (χ0) is 8.55. The van der Waals surface area contributed by atoms with Crippen molar-refractivity contribution in [3.8, 4) is 0 Å². The molecule has 2 rings (SSSR count). The predicted octanol–water partition coefficient (Wildman–Crippen LogP) is 0.176. The minimum Gasteiger partial charge on any atom is -0.250 e. The van der Waals surface area contributed by atoms with Gasteiger partial charge in [0, 0.05) is 0 Å². The molecule has 0 aromatic carbocycles. The quantitative estimate of drug-likeness (QED) is 0.541. The van der Waals surface area contributed by atoms with E-state index in [1.54, 1.807) is 0 Å². The van der Waals surface area contributed by atoms with Gasteiger partial charge in [-0.15, -0.1) is 0 Å². The highest BCUT2D eigenvalue weighted by atomic mass is 14.8. The molecule has 0 saturated carbocycles. The Morgan fingerprint density at radius 2 is 1.25 bits per heavy atom. The molecule has 0 atom stereocenters. The van der Waals surface area contributed by atoms with Gasteiger partial charge in [0.25, 0.3) is 0 Å². The minimum absolute atomic E-state index is 0.732. The lowest BCUT2D eigenvalue weighted by Gasteiger charge is -2.12. The van der Waals surface area contributed by atoms with Gasteiger partial charge in [-0.25, -0.2) is 9.97 Å². The standard InChI is InChI=1S/C10H12N2/c1-7-8(2)12-10-6-4-3-5-9(10)11-7/h1-6H2. The Hall–Kier alpha value is -1.18. The Morgan fingerprint density at radius 3 is 1.67 bits per heavy atom. The van der Waals surface area contributed by atoms with Gasteiger partial charge in [-0.3, -0.25) is 0 Å². The first-order valence-electron chi connectivity index (χ1n) is 4.31. The highest BCUT2D eigenvalue weighted by Gasteiger charge is 2.10. The maximum Gasteiger partial charge on any atom is 0.0812 e. The smallest absolute Gasteiger partial charge is 0.0812 e. The highest BCUT2D eigenvalue weighted by molar-refractivity contribution is 5.17. The number of hydrogen-bond donors (Lipinski definition) is 0. The average molecular weight is 160 g/mol. The van der Waals surface area contributed by atoms with Crippen molar-refractivity contribution in [2.45, 2.75) is 25.7 Å². The monoisotopic (exact) mass is 160 g/mol. The number of nitrogens with zero attached hydrogens (tertiary/aromatic N) is 2. The second-order valence-corrected chi connectivity index (χ2v) is 3.22. The molecule has 0 aliphatic heterocycles. The van der Waals surface area contributed by atoms with Crippen LogP contribution < -0.4 is 10.7 Å². The van der Waals surface area contributed by atoms with E-state index >= 15 is 0 Å². The largest absolute Gasteiger partial charge is 0.250 e. The Morgan fingerprint density at radius 1 is 0.833 bits per heavy atom. The van der Waals surface area contributed by atoms with Crippen LogP contribution in [0.5, 0.6) is 0 Å². The SMILES string of the molecule is C=c1nc2c(nc1=C)CCCC2. The molecule has 0 saturated heterocycles. The molecule has 62 valence electrons. The van der Waals surface area contributed by atoms with Crippen molar-refractivity contribution in [2.24, 2.45) is 0 Å². The van der Waals surface area contributed by atoms with Gasteiger partial charge in [0.05, 0.1) is 22.1 Å². The molecular weight excluding hydrogens is 148 g/mol. The predicted molar refractivity (Wildman–Crippen MR) is 49.0 cm³/mol. The fourth-order valence-electron chi connectivity index (χ4n) is 1.57. The van der Waals surface area contributed by atoms with Crippen LogP contribution in [0.25, 0.3) is 13.2 Å². The fourth-order valence-corrected chi connectivity index (χ4v) is 1.57. The summed E-state index contributed by atoms with van der Waals surface area (Å²) in [5.41, 5.74) is 2.28. The highest BCUT2D eigenvalue weighted by Crippen LogP contribution is 2.13. The lowest BCUT2D eigenvalue weighted by Crippen LogP contribution is -2.32. The van der Waals surface area contributed by atoms with E-state index in [0.29, 0.717) is 0 Å². The summed E-state index contributed by atoms with van der Waals surface area (Å²) in [4.78, 5) is 8.75. The van der Waals surface area contributed by atoms with Crippen molar-refractivity contribution in [1.29, 1.82) is 0 Å². The lowest BCUT2D eigenvalue weighted by atomic mass is 10.0. The van der Waals surface area contributed by atoms with Crippen molar-refractivity contribution >= 4 is 13.2 Å². The molecule has 0 fully saturated rings. The summed E-state index contributed by atoms with van der Waals surface area (Å²) in [6, 6.07) is 0. The first-order valence-corrected chi connectivity index (χ1v) is 4.31. The number of rotatable bonds is 0. The van der Waals surface area contributed by atoms with Crippen molar-refractivity contribution in [3.05, 3.63) is 22.1 Å². The van der Waals surface area contributed by atoms with E-state index in [1.807, 2.05) is 0 Å². The summed E-state index contributed by atoms with van der Waals surface area (Å²) in [5, 5.41) is 1.46. The van der Waals surface area contributed by atoms with Gasteiger partial charge in [-0.2, -0.15) is 0 Å². The molecule has 2 nitrogen and oxygen atoms in total. The van der Waals surface area contributed by atoms with Gasteiger partial charge < -0.3 is 0 Å². The zero-order valence-corrected chi connectivity index (χ0v) is 7.14. The van der Waals surface area contributed by atoms with Crippen LogP contribution in [-0.4, -0.2) is 9.97 Å².